The topological polar surface area (TPSA) is 89.9 Å². The largest absolute Gasteiger partial charge is 0.478 e. The lowest BCUT2D eigenvalue weighted by Gasteiger charge is -2.07. The smallest absolute Gasteiger partial charge is 0.338 e. The van der Waals surface area contributed by atoms with Crippen molar-refractivity contribution < 1.29 is 29.0 Å². The second-order valence-electron chi connectivity index (χ2n) is 4.07. The van der Waals surface area contributed by atoms with E-state index in [1.807, 2.05) is 0 Å². The Kier molecular flexibility index (Phi) is 8.94. The second kappa shape index (κ2) is 10.1. The first-order valence-corrected chi connectivity index (χ1v) is 6.67. The van der Waals surface area contributed by atoms with Gasteiger partial charge in [0.05, 0.1) is 24.3 Å². The third-order valence-corrected chi connectivity index (χ3v) is 2.28. The van der Waals surface area contributed by atoms with E-state index in [2.05, 4.69) is 6.58 Å². The summed E-state index contributed by atoms with van der Waals surface area (Å²) in [5.74, 6) is -1.95. The molecule has 1 aromatic carbocycles. The Bertz CT molecular complexity index is 498. The van der Waals surface area contributed by atoms with E-state index in [-0.39, 0.29) is 29.9 Å². The Balaban J connectivity index is 0.000000626. The van der Waals surface area contributed by atoms with Crippen molar-refractivity contribution in [3.63, 3.8) is 0 Å². The van der Waals surface area contributed by atoms with Gasteiger partial charge in [0.2, 0.25) is 0 Å². The molecule has 0 spiro atoms. The van der Waals surface area contributed by atoms with Crippen molar-refractivity contribution in [3.05, 3.63) is 47.5 Å². The maximum atomic E-state index is 11.5. The van der Waals surface area contributed by atoms with Crippen LogP contribution in [0, 0.1) is 0 Å². The van der Waals surface area contributed by atoms with E-state index in [0.29, 0.717) is 0 Å². The highest BCUT2D eigenvalue weighted by atomic mass is 16.5. The van der Waals surface area contributed by atoms with Gasteiger partial charge >= 0.3 is 17.9 Å². The minimum Gasteiger partial charge on any atom is -0.478 e. The van der Waals surface area contributed by atoms with E-state index >= 15 is 0 Å². The molecule has 120 valence electrons. The van der Waals surface area contributed by atoms with Gasteiger partial charge in [-0.25, -0.2) is 14.4 Å². The molecule has 0 fully saturated rings. The summed E-state index contributed by atoms with van der Waals surface area (Å²) < 4.78 is 9.70. The number of rotatable bonds is 5. The third-order valence-electron chi connectivity index (χ3n) is 2.28. The van der Waals surface area contributed by atoms with Crippen molar-refractivity contribution in [1.29, 1.82) is 0 Å². The molecule has 0 saturated heterocycles. The Hall–Kier alpha value is -2.63. The normalized spacial score (nSPS) is 9.05. The van der Waals surface area contributed by atoms with Crippen LogP contribution in [0.1, 0.15) is 41.5 Å². The van der Waals surface area contributed by atoms with Gasteiger partial charge in [-0.05, 0) is 32.9 Å². The average Bonchev–Trinajstić information content (AvgIpc) is 2.48. The quantitative estimate of drug-likeness (QED) is 0.664. The molecule has 0 bridgehead atoms. The highest BCUT2D eigenvalue weighted by Gasteiger charge is 2.17. The summed E-state index contributed by atoms with van der Waals surface area (Å²) in [5.41, 5.74) is 0.653. The van der Waals surface area contributed by atoms with Crippen LogP contribution in [0.4, 0.5) is 0 Å². The fraction of sp³-hybridized carbons (Fsp3) is 0.312. The predicted molar refractivity (Wildman–Crippen MR) is 80.8 cm³/mol. The number of ether oxygens (including phenoxy) is 2. The summed E-state index contributed by atoms with van der Waals surface area (Å²) in [4.78, 5) is 32.7. The zero-order chi connectivity index (χ0) is 17.1. The van der Waals surface area contributed by atoms with Gasteiger partial charge in [0.1, 0.15) is 0 Å². The minimum absolute atomic E-state index is 0.176. The summed E-state index contributed by atoms with van der Waals surface area (Å²) in [6, 6.07) is 6.44. The van der Waals surface area contributed by atoms with Crippen molar-refractivity contribution in [2.45, 2.75) is 20.8 Å². The monoisotopic (exact) mass is 308 g/mol. The number of benzene rings is 1. The van der Waals surface area contributed by atoms with Crippen molar-refractivity contribution in [2.75, 3.05) is 13.2 Å². The summed E-state index contributed by atoms with van der Waals surface area (Å²) >= 11 is 0. The lowest BCUT2D eigenvalue weighted by Crippen LogP contribution is -2.13. The van der Waals surface area contributed by atoms with Crippen molar-refractivity contribution >= 4 is 17.9 Å². The summed E-state index contributed by atoms with van der Waals surface area (Å²) in [5, 5.41) is 7.89. The van der Waals surface area contributed by atoms with Crippen LogP contribution in [0.15, 0.2) is 36.4 Å². The lowest BCUT2D eigenvalue weighted by molar-refractivity contribution is -0.132. The number of esters is 2. The van der Waals surface area contributed by atoms with Crippen LogP contribution >= 0.6 is 0 Å². The van der Waals surface area contributed by atoms with Crippen LogP contribution in [0.25, 0.3) is 0 Å². The van der Waals surface area contributed by atoms with Crippen LogP contribution in [0.5, 0.6) is 0 Å². The molecular formula is C16H20O6. The molecule has 0 atom stereocenters. The predicted octanol–water partition coefficient (Wildman–Crippen LogP) is 2.69. The summed E-state index contributed by atoms with van der Waals surface area (Å²) in [7, 11) is 0. The van der Waals surface area contributed by atoms with E-state index in [1.165, 1.54) is 6.92 Å². The molecule has 1 N–H and O–H groups in total. The highest BCUT2D eigenvalue weighted by molar-refractivity contribution is 6.03. The summed E-state index contributed by atoms with van der Waals surface area (Å²) in [6.45, 7) is 8.58. The van der Waals surface area contributed by atoms with Crippen LogP contribution in [-0.2, 0) is 14.3 Å². The zero-order valence-electron chi connectivity index (χ0n) is 12.9. The number of carbonyl (C=O) groups excluding carboxylic acids is 2. The van der Waals surface area contributed by atoms with E-state index in [9.17, 15) is 14.4 Å². The molecule has 0 radical (unpaired) electrons. The van der Waals surface area contributed by atoms with Gasteiger partial charge in [-0.2, -0.15) is 0 Å². The first kappa shape index (κ1) is 19.4. The molecule has 0 heterocycles. The highest BCUT2D eigenvalue weighted by Crippen LogP contribution is 2.11. The first-order chi connectivity index (χ1) is 10.3. The molecule has 22 heavy (non-hydrogen) atoms. The van der Waals surface area contributed by atoms with Crippen molar-refractivity contribution in [3.8, 4) is 0 Å². The molecule has 6 nitrogen and oxygen atoms in total. The van der Waals surface area contributed by atoms with Gasteiger partial charge in [0.15, 0.2) is 0 Å². The standard InChI is InChI=1S/C12H14O4.C4H6O2/c1-3-15-11(13)9-7-5-6-8-10(9)12(14)16-4-2;1-3(2)4(5)6/h5-8H,3-4H2,1-2H3;1H2,2H3,(H,5,6). The van der Waals surface area contributed by atoms with Gasteiger partial charge < -0.3 is 14.6 Å². The summed E-state index contributed by atoms with van der Waals surface area (Å²) in [6.07, 6.45) is 0. The van der Waals surface area contributed by atoms with E-state index < -0.39 is 17.9 Å². The Labute approximate surface area is 129 Å². The van der Waals surface area contributed by atoms with E-state index in [0.717, 1.165) is 0 Å². The van der Waals surface area contributed by atoms with Gasteiger partial charge in [-0.3, -0.25) is 0 Å². The van der Waals surface area contributed by atoms with Gasteiger partial charge in [0, 0.05) is 5.57 Å². The molecule has 0 aliphatic rings. The number of carbonyl (C=O) groups is 3. The van der Waals surface area contributed by atoms with E-state index in [4.69, 9.17) is 14.6 Å². The Morgan fingerprint density at radius 2 is 1.32 bits per heavy atom. The van der Waals surface area contributed by atoms with Gasteiger partial charge in [-0.1, -0.05) is 18.7 Å². The Morgan fingerprint density at radius 3 is 1.55 bits per heavy atom. The average molecular weight is 308 g/mol. The number of hydrogen-bond acceptors (Lipinski definition) is 5. The van der Waals surface area contributed by atoms with Crippen LogP contribution in [0.2, 0.25) is 0 Å². The molecule has 1 rings (SSSR count). The molecule has 0 aromatic heterocycles. The fourth-order valence-corrected chi connectivity index (χ4v) is 1.26. The number of carboxylic acid groups (broad SMARTS) is 1. The van der Waals surface area contributed by atoms with E-state index in [1.54, 1.807) is 38.1 Å². The molecule has 1 aromatic rings. The molecule has 0 saturated carbocycles. The molecule has 0 aliphatic carbocycles. The number of carboxylic acids is 1. The maximum Gasteiger partial charge on any atom is 0.338 e. The van der Waals surface area contributed by atoms with Crippen molar-refractivity contribution in [1.82, 2.24) is 0 Å². The first-order valence-electron chi connectivity index (χ1n) is 6.67. The van der Waals surface area contributed by atoms with Gasteiger partial charge in [0.25, 0.3) is 0 Å². The fourth-order valence-electron chi connectivity index (χ4n) is 1.26. The SMILES string of the molecule is C=C(C)C(=O)O.CCOC(=O)c1ccccc1C(=O)OCC. The molecule has 0 unspecified atom stereocenters. The number of aliphatic carboxylic acids is 1. The third kappa shape index (κ3) is 6.69. The minimum atomic E-state index is -0.935. The maximum absolute atomic E-state index is 11.5. The van der Waals surface area contributed by atoms with Crippen LogP contribution in [0.3, 0.4) is 0 Å². The molecule has 0 aliphatic heterocycles. The Morgan fingerprint density at radius 1 is 1.00 bits per heavy atom. The lowest BCUT2D eigenvalue weighted by atomic mass is 10.1. The number of hydrogen-bond donors (Lipinski definition) is 1. The second-order valence-corrected chi connectivity index (χ2v) is 4.07. The zero-order valence-corrected chi connectivity index (χ0v) is 12.9. The molecule has 0 amide bonds. The van der Waals surface area contributed by atoms with Crippen LogP contribution in [-0.4, -0.2) is 36.2 Å². The van der Waals surface area contributed by atoms with Gasteiger partial charge in [-0.15, -0.1) is 0 Å². The van der Waals surface area contributed by atoms with Crippen LogP contribution < -0.4 is 0 Å². The molecule has 6 heteroatoms. The molecular weight excluding hydrogens is 288 g/mol. The van der Waals surface area contributed by atoms with Crippen molar-refractivity contribution in [2.24, 2.45) is 0 Å².